The minimum atomic E-state index is 0.341. The van der Waals surface area contributed by atoms with E-state index in [2.05, 4.69) is 36.5 Å². The molecule has 1 unspecified atom stereocenters. The first-order chi connectivity index (χ1) is 14.2. The van der Waals surface area contributed by atoms with Gasteiger partial charge in [0.15, 0.2) is 0 Å². The zero-order valence-corrected chi connectivity index (χ0v) is 17.8. The van der Waals surface area contributed by atoms with Crippen LogP contribution >= 0.6 is 0 Å². The van der Waals surface area contributed by atoms with Crippen molar-refractivity contribution in [3.8, 4) is 17.0 Å². The Labute approximate surface area is 175 Å². The van der Waals surface area contributed by atoms with E-state index in [0.29, 0.717) is 12.7 Å². The van der Waals surface area contributed by atoms with Gasteiger partial charge in [-0.3, -0.25) is 9.97 Å². The zero-order chi connectivity index (χ0) is 20.7. The first-order valence-electron chi connectivity index (χ1n) is 10.7. The summed E-state index contributed by atoms with van der Waals surface area (Å²) in [7, 11) is 0. The van der Waals surface area contributed by atoms with E-state index >= 15 is 0 Å². The molecule has 0 saturated carbocycles. The fraction of sp³-hybridized carbons (Fsp3) is 0.440. The summed E-state index contributed by atoms with van der Waals surface area (Å²) in [6.45, 7) is 9.42. The number of unbranched alkanes of at least 4 members (excludes halogenated alkanes) is 3. The van der Waals surface area contributed by atoms with Crippen LogP contribution in [0.4, 0.5) is 0 Å². The van der Waals surface area contributed by atoms with Gasteiger partial charge >= 0.3 is 0 Å². The molecule has 0 fully saturated rings. The summed E-state index contributed by atoms with van der Waals surface area (Å²) in [5, 5.41) is 0. The molecule has 4 heteroatoms. The predicted molar refractivity (Wildman–Crippen MR) is 121 cm³/mol. The lowest BCUT2D eigenvalue weighted by Gasteiger charge is -2.11. The molecule has 156 valence electrons. The Morgan fingerprint density at radius 1 is 1.07 bits per heavy atom. The van der Waals surface area contributed by atoms with Crippen LogP contribution in [0.5, 0.6) is 5.75 Å². The lowest BCUT2D eigenvalue weighted by atomic mass is 10.1. The minimum Gasteiger partial charge on any atom is -0.490 e. The Balaban J connectivity index is 1.72. The van der Waals surface area contributed by atoms with Gasteiger partial charge in [-0.25, -0.2) is 0 Å². The summed E-state index contributed by atoms with van der Waals surface area (Å²) in [6, 6.07) is 7.85. The Bertz CT molecular complexity index is 723. The van der Waals surface area contributed by atoms with E-state index in [-0.39, 0.29) is 0 Å². The van der Waals surface area contributed by atoms with Gasteiger partial charge in [0.05, 0.1) is 29.9 Å². The van der Waals surface area contributed by atoms with Crippen LogP contribution in [0.1, 0.15) is 58.1 Å². The maximum absolute atomic E-state index is 5.83. The van der Waals surface area contributed by atoms with Gasteiger partial charge in [0.2, 0.25) is 0 Å². The van der Waals surface area contributed by atoms with Crippen LogP contribution in [0.3, 0.4) is 0 Å². The average molecular weight is 395 g/mol. The predicted octanol–water partition coefficient (Wildman–Crippen LogP) is 6.49. The third-order valence-electron chi connectivity index (χ3n) is 4.61. The van der Waals surface area contributed by atoms with Crippen LogP contribution in [0.25, 0.3) is 17.3 Å². The van der Waals surface area contributed by atoms with Crippen LogP contribution in [-0.4, -0.2) is 29.3 Å². The molecule has 0 aliphatic rings. The van der Waals surface area contributed by atoms with Gasteiger partial charge < -0.3 is 9.47 Å². The zero-order valence-electron chi connectivity index (χ0n) is 17.8. The first kappa shape index (κ1) is 22.8. The number of aromatic nitrogens is 2. The van der Waals surface area contributed by atoms with Crippen molar-refractivity contribution in [2.24, 2.45) is 0 Å². The number of hydrogen-bond donors (Lipinski definition) is 0. The molecular formula is C25H34N2O2. The van der Waals surface area contributed by atoms with E-state index in [1.54, 1.807) is 6.08 Å². The summed E-state index contributed by atoms with van der Waals surface area (Å²) in [6.07, 6.45) is 16.8. The topological polar surface area (TPSA) is 44.2 Å². The molecular weight excluding hydrogens is 360 g/mol. The largest absolute Gasteiger partial charge is 0.490 e. The molecule has 1 aromatic carbocycles. The molecule has 1 heterocycles. The number of nitrogens with zero attached hydrogens (tertiary/aromatic N) is 2. The molecule has 0 aliphatic carbocycles. The van der Waals surface area contributed by atoms with Crippen LogP contribution in [-0.2, 0) is 4.74 Å². The Morgan fingerprint density at radius 3 is 2.59 bits per heavy atom. The van der Waals surface area contributed by atoms with E-state index < -0.39 is 0 Å². The van der Waals surface area contributed by atoms with Crippen molar-refractivity contribution in [2.45, 2.75) is 58.5 Å². The fourth-order valence-electron chi connectivity index (χ4n) is 2.90. The van der Waals surface area contributed by atoms with Crippen LogP contribution in [0.15, 0.2) is 55.4 Å². The molecule has 0 bridgehead atoms. The van der Waals surface area contributed by atoms with Gasteiger partial charge in [0, 0.05) is 12.2 Å². The summed E-state index contributed by atoms with van der Waals surface area (Å²) >= 11 is 0. The Hall–Kier alpha value is -2.46. The second-order valence-corrected chi connectivity index (χ2v) is 7.17. The highest BCUT2D eigenvalue weighted by molar-refractivity contribution is 5.59. The van der Waals surface area contributed by atoms with Crippen molar-refractivity contribution in [3.05, 3.63) is 61.1 Å². The molecule has 0 radical (unpaired) electrons. The summed E-state index contributed by atoms with van der Waals surface area (Å²) in [5.41, 5.74) is 2.75. The van der Waals surface area contributed by atoms with Crippen molar-refractivity contribution in [3.63, 3.8) is 0 Å². The summed E-state index contributed by atoms with van der Waals surface area (Å²) in [5.74, 6) is 0.821. The first-order valence-corrected chi connectivity index (χ1v) is 10.7. The van der Waals surface area contributed by atoms with E-state index in [1.807, 2.05) is 42.7 Å². The van der Waals surface area contributed by atoms with Crippen LogP contribution in [0.2, 0.25) is 0 Å². The Kier molecular flexibility index (Phi) is 10.8. The van der Waals surface area contributed by atoms with Crippen molar-refractivity contribution in [1.29, 1.82) is 0 Å². The molecule has 2 rings (SSSR count). The lowest BCUT2D eigenvalue weighted by molar-refractivity contribution is 0.0566. The molecule has 1 aromatic heterocycles. The summed E-state index contributed by atoms with van der Waals surface area (Å²) < 4.78 is 11.3. The van der Waals surface area contributed by atoms with Gasteiger partial charge in [0.25, 0.3) is 0 Å². The maximum atomic E-state index is 5.83. The van der Waals surface area contributed by atoms with E-state index in [9.17, 15) is 0 Å². The van der Waals surface area contributed by atoms with E-state index in [0.717, 1.165) is 48.6 Å². The van der Waals surface area contributed by atoms with E-state index in [4.69, 9.17) is 9.47 Å². The van der Waals surface area contributed by atoms with Crippen molar-refractivity contribution in [1.82, 2.24) is 9.97 Å². The second kappa shape index (κ2) is 13.7. The molecule has 0 saturated heterocycles. The van der Waals surface area contributed by atoms with Crippen molar-refractivity contribution < 1.29 is 9.47 Å². The molecule has 29 heavy (non-hydrogen) atoms. The molecule has 4 nitrogen and oxygen atoms in total. The van der Waals surface area contributed by atoms with Crippen molar-refractivity contribution in [2.75, 3.05) is 13.2 Å². The normalized spacial score (nSPS) is 12.2. The fourth-order valence-corrected chi connectivity index (χ4v) is 2.90. The van der Waals surface area contributed by atoms with Gasteiger partial charge in [-0.05, 0) is 62.9 Å². The number of hydrogen-bond acceptors (Lipinski definition) is 4. The lowest BCUT2D eigenvalue weighted by Crippen LogP contribution is -2.08. The highest BCUT2D eigenvalue weighted by Gasteiger charge is 2.02. The standard InChI is InChI=1S/C25H34N2O2/c1-4-6-10-18-28-21(3)11-8-7-9-12-23-19-27-25(20-26-23)22-13-15-24(16-14-22)29-17-5-2/h5,9,12-16,19-21H,2,4,6-8,10-11,17-18H2,1,3H3. The third kappa shape index (κ3) is 9.05. The third-order valence-corrected chi connectivity index (χ3v) is 4.61. The molecule has 1 atom stereocenters. The monoisotopic (exact) mass is 394 g/mol. The number of rotatable bonds is 14. The Morgan fingerprint density at radius 2 is 1.90 bits per heavy atom. The molecule has 0 N–H and O–H groups in total. The number of ether oxygens (including phenoxy) is 2. The minimum absolute atomic E-state index is 0.341. The highest BCUT2D eigenvalue weighted by atomic mass is 16.5. The van der Waals surface area contributed by atoms with Gasteiger partial charge in [-0.15, -0.1) is 0 Å². The van der Waals surface area contributed by atoms with Gasteiger partial charge in [0.1, 0.15) is 12.4 Å². The van der Waals surface area contributed by atoms with Gasteiger partial charge in [-0.1, -0.05) is 38.5 Å². The van der Waals surface area contributed by atoms with Crippen molar-refractivity contribution >= 4 is 6.08 Å². The smallest absolute Gasteiger partial charge is 0.119 e. The average Bonchev–Trinajstić information content (AvgIpc) is 2.76. The number of allylic oxidation sites excluding steroid dienone is 1. The molecule has 0 aliphatic heterocycles. The van der Waals surface area contributed by atoms with Crippen LogP contribution < -0.4 is 4.74 Å². The van der Waals surface area contributed by atoms with Crippen LogP contribution in [0, 0.1) is 0 Å². The molecule has 2 aromatic rings. The SMILES string of the molecule is C=CCOc1ccc(-c2cnc(C=CCCCC(C)OCCCCC)cn2)cc1. The molecule has 0 spiro atoms. The quantitative estimate of drug-likeness (QED) is 0.271. The van der Waals surface area contributed by atoms with Gasteiger partial charge in [-0.2, -0.15) is 0 Å². The molecule has 0 amide bonds. The maximum Gasteiger partial charge on any atom is 0.119 e. The van der Waals surface area contributed by atoms with E-state index in [1.165, 1.54) is 19.3 Å². The number of benzene rings is 1. The summed E-state index contributed by atoms with van der Waals surface area (Å²) in [4.78, 5) is 9.03. The highest BCUT2D eigenvalue weighted by Crippen LogP contribution is 2.20. The second-order valence-electron chi connectivity index (χ2n) is 7.17.